The molecule has 154 valence electrons. The Labute approximate surface area is 173 Å². The molecule has 0 atom stereocenters. The Kier molecular flexibility index (Phi) is 4.84. The normalized spacial score (nSPS) is 18.2. The number of benzene rings is 1. The van der Waals surface area contributed by atoms with E-state index < -0.39 is 5.79 Å². The van der Waals surface area contributed by atoms with Crippen LogP contribution in [0.4, 0.5) is 0 Å². The van der Waals surface area contributed by atoms with Crippen LogP contribution in [0.25, 0.3) is 11.0 Å². The Bertz CT molecular complexity index is 1130. The van der Waals surface area contributed by atoms with E-state index in [9.17, 15) is 9.59 Å². The molecule has 0 N–H and O–H groups in total. The molecule has 30 heavy (non-hydrogen) atoms. The van der Waals surface area contributed by atoms with Crippen molar-refractivity contribution in [1.29, 1.82) is 0 Å². The maximum atomic E-state index is 13.3. The van der Waals surface area contributed by atoms with Crippen molar-refractivity contribution in [2.24, 2.45) is 0 Å². The molecule has 0 unspecified atom stereocenters. The van der Waals surface area contributed by atoms with Gasteiger partial charge in [-0.2, -0.15) is 0 Å². The van der Waals surface area contributed by atoms with Gasteiger partial charge in [0.25, 0.3) is 11.5 Å². The van der Waals surface area contributed by atoms with E-state index in [0.717, 1.165) is 10.9 Å². The van der Waals surface area contributed by atoms with Gasteiger partial charge in [-0.25, -0.2) is 4.98 Å². The average Bonchev–Trinajstić information content (AvgIpc) is 3.24. The molecular weight excluding hydrogens is 382 g/mol. The third kappa shape index (κ3) is 3.40. The largest absolute Gasteiger partial charge is 0.347 e. The lowest BCUT2D eigenvalue weighted by atomic mass is 10.0. The van der Waals surface area contributed by atoms with Crippen LogP contribution in [0.2, 0.25) is 0 Å². The summed E-state index contributed by atoms with van der Waals surface area (Å²) in [6, 6.07) is 15.1. The minimum atomic E-state index is -0.558. The summed E-state index contributed by atoms with van der Waals surface area (Å²) in [7, 11) is 0. The quantitative estimate of drug-likeness (QED) is 0.669. The lowest BCUT2D eigenvalue weighted by Crippen LogP contribution is -2.48. The van der Waals surface area contributed by atoms with Crippen molar-refractivity contribution in [3.8, 4) is 0 Å². The number of aromatic nitrogens is 2. The number of carbonyl (C=O) groups excluding carboxylic acids is 1. The van der Waals surface area contributed by atoms with E-state index >= 15 is 0 Å². The first-order valence-corrected chi connectivity index (χ1v) is 10.2. The molecule has 2 aliphatic rings. The molecule has 1 aromatic carbocycles. The molecule has 7 heteroatoms. The summed E-state index contributed by atoms with van der Waals surface area (Å²) in [5.41, 5.74) is 1.42. The zero-order chi connectivity index (χ0) is 20.6. The highest BCUT2D eigenvalue weighted by Gasteiger charge is 2.41. The van der Waals surface area contributed by atoms with E-state index in [1.54, 1.807) is 21.7 Å². The van der Waals surface area contributed by atoms with Crippen LogP contribution in [0.3, 0.4) is 0 Å². The van der Waals surface area contributed by atoms with E-state index in [4.69, 9.17) is 9.47 Å². The van der Waals surface area contributed by atoms with E-state index in [-0.39, 0.29) is 17.0 Å². The van der Waals surface area contributed by atoms with Crippen molar-refractivity contribution in [1.82, 2.24) is 14.5 Å². The summed E-state index contributed by atoms with van der Waals surface area (Å²) in [4.78, 5) is 32.8. The average molecular weight is 405 g/mol. The van der Waals surface area contributed by atoms with Crippen molar-refractivity contribution in [3.05, 3.63) is 76.2 Å². The van der Waals surface area contributed by atoms with Crippen molar-refractivity contribution >= 4 is 16.9 Å². The predicted octanol–water partition coefficient (Wildman–Crippen LogP) is 2.42. The van der Waals surface area contributed by atoms with Gasteiger partial charge in [0.15, 0.2) is 5.79 Å². The SMILES string of the molecule is O=C(c1cc2cccnc2n(Cc2ccccc2)c1=O)N1CCC2(CC1)OCCO2. The van der Waals surface area contributed by atoms with Crippen LogP contribution in [-0.4, -0.2) is 52.4 Å². The number of rotatable bonds is 3. The van der Waals surface area contributed by atoms with Gasteiger partial charge >= 0.3 is 0 Å². The molecule has 3 aromatic rings. The zero-order valence-electron chi connectivity index (χ0n) is 16.6. The fourth-order valence-electron chi connectivity index (χ4n) is 4.28. The number of hydrogen-bond donors (Lipinski definition) is 0. The summed E-state index contributed by atoms with van der Waals surface area (Å²) in [5.74, 6) is -0.808. The van der Waals surface area contributed by atoms with Crippen LogP contribution in [0, 0.1) is 0 Å². The van der Waals surface area contributed by atoms with Crippen LogP contribution in [0.15, 0.2) is 59.5 Å². The van der Waals surface area contributed by atoms with Gasteiger partial charge in [0, 0.05) is 37.5 Å². The highest BCUT2D eigenvalue weighted by molar-refractivity contribution is 5.97. The minimum absolute atomic E-state index is 0.177. The fraction of sp³-hybridized carbons (Fsp3) is 0.348. The van der Waals surface area contributed by atoms with Gasteiger partial charge in [0.05, 0.1) is 19.8 Å². The van der Waals surface area contributed by atoms with Gasteiger partial charge in [-0.3, -0.25) is 14.2 Å². The molecular formula is C23H23N3O4. The number of nitrogens with zero attached hydrogens (tertiary/aromatic N) is 3. The number of fused-ring (bicyclic) bond motifs is 1. The second kappa shape index (κ2) is 7.66. The zero-order valence-corrected chi connectivity index (χ0v) is 16.6. The Morgan fingerprint density at radius 1 is 1.03 bits per heavy atom. The molecule has 5 rings (SSSR count). The highest BCUT2D eigenvalue weighted by Crippen LogP contribution is 2.31. The second-order valence-corrected chi connectivity index (χ2v) is 7.75. The standard InChI is InChI=1S/C23H23N3O4/c27-21(25-11-8-23(9-12-25)29-13-14-30-23)19-15-18-7-4-10-24-20(18)26(22(19)28)16-17-5-2-1-3-6-17/h1-7,10,15H,8-9,11-14,16H2. The third-order valence-electron chi connectivity index (χ3n) is 5.89. The first-order valence-electron chi connectivity index (χ1n) is 10.2. The smallest absolute Gasteiger partial charge is 0.265 e. The maximum absolute atomic E-state index is 13.3. The maximum Gasteiger partial charge on any atom is 0.265 e. The van der Waals surface area contributed by atoms with E-state index in [0.29, 0.717) is 51.3 Å². The number of hydrogen-bond acceptors (Lipinski definition) is 5. The molecule has 2 aromatic heterocycles. The fourth-order valence-corrected chi connectivity index (χ4v) is 4.28. The Morgan fingerprint density at radius 3 is 2.50 bits per heavy atom. The molecule has 0 radical (unpaired) electrons. The Hall–Kier alpha value is -3.03. The van der Waals surface area contributed by atoms with Gasteiger partial charge in [0.1, 0.15) is 11.2 Å². The lowest BCUT2D eigenvalue weighted by molar-refractivity contribution is -0.181. The summed E-state index contributed by atoms with van der Waals surface area (Å²) >= 11 is 0. The van der Waals surface area contributed by atoms with Crippen molar-refractivity contribution in [2.75, 3.05) is 26.3 Å². The number of amides is 1. The van der Waals surface area contributed by atoms with Gasteiger partial charge < -0.3 is 14.4 Å². The molecule has 0 saturated carbocycles. The first kappa shape index (κ1) is 19.0. The lowest BCUT2D eigenvalue weighted by Gasteiger charge is -2.37. The summed E-state index contributed by atoms with van der Waals surface area (Å²) in [5, 5.41) is 0.771. The summed E-state index contributed by atoms with van der Waals surface area (Å²) in [6.07, 6.45) is 2.90. The topological polar surface area (TPSA) is 73.7 Å². The van der Waals surface area contributed by atoms with E-state index in [1.165, 1.54) is 0 Å². The molecule has 1 amide bonds. The molecule has 2 fully saturated rings. The van der Waals surface area contributed by atoms with Crippen LogP contribution < -0.4 is 5.56 Å². The van der Waals surface area contributed by atoms with Crippen molar-refractivity contribution < 1.29 is 14.3 Å². The number of piperidine rings is 1. The third-order valence-corrected chi connectivity index (χ3v) is 5.89. The van der Waals surface area contributed by atoms with Crippen LogP contribution in [0.5, 0.6) is 0 Å². The molecule has 2 saturated heterocycles. The Balaban J connectivity index is 1.49. The molecule has 2 aliphatic heterocycles. The van der Waals surface area contributed by atoms with E-state index in [2.05, 4.69) is 4.98 Å². The highest BCUT2D eigenvalue weighted by atomic mass is 16.7. The number of carbonyl (C=O) groups is 1. The monoisotopic (exact) mass is 405 g/mol. The summed E-state index contributed by atoms with van der Waals surface area (Å²) in [6.45, 7) is 2.55. The minimum Gasteiger partial charge on any atom is -0.347 e. The van der Waals surface area contributed by atoms with Crippen molar-refractivity contribution in [2.45, 2.75) is 25.2 Å². The Morgan fingerprint density at radius 2 is 1.77 bits per heavy atom. The van der Waals surface area contributed by atoms with Crippen LogP contribution in [0.1, 0.15) is 28.8 Å². The predicted molar refractivity (Wildman–Crippen MR) is 111 cm³/mol. The number of likely N-dealkylation sites (tertiary alicyclic amines) is 1. The first-order chi connectivity index (χ1) is 14.7. The molecule has 7 nitrogen and oxygen atoms in total. The number of ether oxygens (including phenoxy) is 2. The molecule has 4 heterocycles. The van der Waals surface area contributed by atoms with E-state index in [1.807, 2.05) is 42.5 Å². The second-order valence-electron chi connectivity index (χ2n) is 7.75. The van der Waals surface area contributed by atoms with Crippen molar-refractivity contribution in [3.63, 3.8) is 0 Å². The molecule has 1 spiro atoms. The van der Waals surface area contributed by atoms with Gasteiger partial charge in [-0.05, 0) is 23.8 Å². The van der Waals surface area contributed by atoms with Gasteiger partial charge in [-0.15, -0.1) is 0 Å². The van der Waals surface area contributed by atoms with Gasteiger partial charge in [-0.1, -0.05) is 30.3 Å². The van der Waals surface area contributed by atoms with Crippen LogP contribution >= 0.6 is 0 Å². The van der Waals surface area contributed by atoms with Crippen LogP contribution in [-0.2, 0) is 16.0 Å². The molecule has 0 bridgehead atoms. The summed E-state index contributed by atoms with van der Waals surface area (Å²) < 4.78 is 13.1. The van der Waals surface area contributed by atoms with Gasteiger partial charge in [0.2, 0.25) is 0 Å². The number of pyridine rings is 2. The molecule has 0 aliphatic carbocycles.